The van der Waals surface area contributed by atoms with E-state index in [1.54, 1.807) is 0 Å². The lowest BCUT2D eigenvalue weighted by molar-refractivity contribution is 0.794. The lowest BCUT2D eigenvalue weighted by Crippen LogP contribution is -2.26. The smallest absolute Gasteiger partial charge is 0.0726 e. The van der Waals surface area contributed by atoms with E-state index in [1.807, 2.05) is 0 Å². The highest BCUT2D eigenvalue weighted by molar-refractivity contribution is 6.26. The van der Waals surface area contributed by atoms with E-state index in [0.717, 1.165) is 17.1 Å². The van der Waals surface area contributed by atoms with Crippen molar-refractivity contribution < 1.29 is 0 Å². The fourth-order valence-corrected chi connectivity index (χ4v) is 11.9. The highest BCUT2D eigenvalue weighted by Gasteiger charge is 2.52. The molecule has 0 amide bonds. The molecule has 2 aliphatic rings. The quantitative estimate of drug-likeness (QED) is 0.156. The number of hydrogen-bond donors (Lipinski definition) is 0. The molecule has 1 nitrogen and oxygen atoms in total. The van der Waals surface area contributed by atoms with Crippen molar-refractivity contribution in [1.29, 1.82) is 0 Å². The molecule has 66 heavy (non-hydrogen) atoms. The Kier molecular flexibility index (Phi) is 7.97. The van der Waals surface area contributed by atoms with Crippen LogP contribution in [0.25, 0.3) is 87.6 Å². The Morgan fingerprint density at radius 2 is 0.697 bits per heavy atom. The van der Waals surface area contributed by atoms with Crippen molar-refractivity contribution in [2.24, 2.45) is 0 Å². The molecule has 0 aliphatic heterocycles. The van der Waals surface area contributed by atoms with Gasteiger partial charge in [0, 0.05) is 16.9 Å². The van der Waals surface area contributed by atoms with Gasteiger partial charge in [-0.15, -0.1) is 0 Å². The number of benzene rings is 12. The topological polar surface area (TPSA) is 3.24 Å². The summed E-state index contributed by atoms with van der Waals surface area (Å²) in [5.41, 5.74) is 18.1. The fraction of sp³-hybridized carbons (Fsp3) is 0.0154. The average Bonchev–Trinajstić information content (AvgIpc) is 3.86. The molecule has 0 heterocycles. The first-order valence-electron chi connectivity index (χ1n) is 23.0. The van der Waals surface area contributed by atoms with E-state index >= 15 is 0 Å². The first-order chi connectivity index (χ1) is 32.8. The second-order valence-corrected chi connectivity index (χ2v) is 17.9. The maximum Gasteiger partial charge on any atom is 0.0726 e. The van der Waals surface area contributed by atoms with Crippen LogP contribution < -0.4 is 4.90 Å². The molecule has 14 rings (SSSR count). The van der Waals surface area contributed by atoms with Crippen molar-refractivity contribution in [2.45, 2.75) is 5.41 Å². The van der Waals surface area contributed by atoms with Crippen LogP contribution in [0.15, 0.2) is 249 Å². The van der Waals surface area contributed by atoms with Crippen LogP contribution in [0.4, 0.5) is 17.1 Å². The van der Waals surface area contributed by atoms with Crippen LogP contribution in [0.2, 0.25) is 0 Å². The standard InChI is InChI=1S/C65H41N/c1-2-17-43(18-3-1)57-40-59-56-28-12-15-32-62(56)65(60-30-13-10-26-54(60)55-27-11-14-31-61(55)65)63(59)41-64(57)66(45-35-33-44(34-36-45)48-29-16-20-42-19-4-5-21-47(42)48)46-37-38-53-51-24-7-6-22-49(51)50-23-8-9-25-52(50)58(53)39-46/h1-41H. The Morgan fingerprint density at radius 1 is 0.242 bits per heavy atom. The summed E-state index contributed by atoms with van der Waals surface area (Å²) >= 11 is 0. The maximum absolute atomic E-state index is 2.55. The monoisotopic (exact) mass is 835 g/mol. The molecule has 0 N–H and O–H groups in total. The Bertz CT molecular complexity index is 3850. The second-order valence-electron chi connectivity index (χ2n) is 17.9. The Labute approximate surface area is 384 Å². The third kappa shape index (κ3) is 5.17. The van der Waals surface area contributed by atoms with Gasteiger partial charge in [0.05, 0.1) is 11.1 Å². The molecule has 0 saturated carbocycles. The largest absolute Gasteiger partial charge is 0.310 e. The summed E-state index contributed by atoms with van der Waals surface area (Å²) in [4.78, 5) is 2.53. The third-order valence-electron chi connectivity index (χ3n) is 14.7. The average molecular weight is 836 g/mol. The molecule has 0 bridgehead atoms. The van der Waals surface area contributed by atoms with E-state index < -0.39 is 5.41 Å². The maximum atomic E-state index is 2.55. The summed E-state index contributed by atoms with van der Waals surface area (Å²) in [5, 5.41) is 10.1. The fourth-order valence-electron chi connectivity index (χ4n) is 11.9. The predicted octanol–water partition coefficient (Wildman–Crippen LogP) is 17.4. The van der Waals surface area contributed by atoms with Crippen molar-refractivity contribution in [3.05, 3.63) is 271 Å². The Morgan fingerprint density at radius 3 is 1.33 bits per heavy atom. The van der Waals surface area contributed by atoms with Gasteiger partial charge in [-0.05, 0) is 141 Å². The first kappa shape index (κ1) is 36.9. The lowest BCUT2D eigenvalue weighted by atomic mass is 9.70. The van der Waals surface area contributed by atoms with E-state index in [-0.39, 0.29) is 0 Å². The van der Waals surface area contributed by atoms with Crippen LogP contribution in [0.5, 0.6) is 0 Å². The zero-order chi connectivity index (χ0) is 43.3. The van der Waals surface area contributed by atoms with Gasteiger partial charge in [0.25, 0.3) is 0 Å². The SMILES string of the molecule is c1ccc(-c2cc3c(cc2N(c2ccc(-c4cccc5ccccc45)cc2)c2ccc4c5ccccc5c5ccccc5c4c2)C2(c4ccccc4-c4ccccc42)c2ccccc2-3)cc1. The van der Waals surface area contributed by atoms with Gasteiger partial charge >= 0.3 is 0 Å². The van der Waals surface area contributed by atoms with E-state index in [9.17, 15) is 0 Å². The van der Waals surface area contributed by atoms with Gasteiger partial charge in [0.1, 0.15) is 0 Å². The minimum Gasteiger partial charge on any atom is -0.310 e. The molecule has 12 aromatic carbocycles. The van der Waals surface area contributed by atoms with Crippen LogP contribution >= 0.6 is 0 Å². The van der Waals surface area contributed by atoms with Gasteiger partial charge < -0.3 is 4.90 Å². The molecule has 0 aromatic heterocycles. The van der Waals surface area contributed by atoms with E-state index in [0.29, 0.717) is 0 Å². The van der Waals surface area contributed by atoms with Crippen molar-refractivity contribution in [3.63, 3.8) is 0 Å². The molecule has 2 aliphatic carbocycles. The van der Waals surface area contributed by atoms with Gasteiger partial charge in [-0.3, -0.25) is 0 Å². The molecule has 12 aromatic rings. The van der Waals surface area contributed by atoms with E-state index in [4.69, 9.17) is 0 Å². The van der Waals surface area contributed by atoms with Crippen LogP contribution in [-0.4, -0.2) is 0 Å². The van der Waals surface area contributed by atoms with Gasteiger partial charge in [0.15, 0.2) is 0 Å². The van der Waals surface area contributed by atoms with Crippen LogP contribution in [0, 0.1) is 0 Å². The summed E-state index contributed by atoms with van der Waals surface area (Å²) in [7, 11) is 0. The number of anilines is 3. The summed E-state index contributed by atoms with van der Waals surface area (Å²) in [6, 6.07) is 92.9. The number of hydrogen-bond acceptors (Lipinski definition) is 1. The third-order valence-corrected chi connectivity index (χ3v) is 14.7. The van der Waals surface area contributed by atoms with E-state index in [2.05, 4.69) is 254 Å². The minimum absolute atomic E-state index is 0.495. The predicted molar refractivity (Wildman–Crippen MR) is 278 cm³/mol. The lowest BCUT2D eigenvalue weighted by Gasteiger charge is -2.33. The Balaban J connectivity index is 1.09. The zero-order valence-corrected chi connectivity index (χ0v) is 36.1. The molecule has 0 fully saturated rings. The van der Waals surface area contributed by atoms with Gasteiger partial charge in [-0.25, -0.2) is 0 Å². The van der Waals surface area contributed by atoms with Crippen LogP contribution in [0.3, 0.4) is 0 Å². The second kappa shape index (κ2) is 14.2. The summed E-state index contributed by atoms with van der Waals surface area (Å²) in [6.45, 7) is 0. The molecular weight excluding hydrogens is 795 g/mol. The summed E-state index contributed by atoms with van der Waals surface area (Å²) in [5.74, 6) is 0. The number of nitrogens with zero attached hydrogens (tertiary/aromatic N) is 1. The summed E-state index contributed by atoms with van der Waals surface area (Å²) < 4.78 is 0. The first-order valence-corrected chi connectivity index (χ1v) is 23.0. The van der Waals surface area contributed by atoms with Gasteiger partial charge in [0.2, 0.25) is 0 Å². The molecule has 1 heteroatoms. The normalized spacial score (nSPS) is 13.0. The highest BCUT2D eigenvalue weighted by Crippen LogP contribution is 2.64. The molecule has 0 radical (unpaired) electrons. The van der Waals surface area contributed by atoms with Crippen molar-refractivity contribution >= 4 is 60.2 Å². The Hall–Kier alpha value is -8.52. The summed E-state index contributed by atoms with van der Waals surface area (Å²) in [6.07, 6.45) is 0. The number of rotatable bonds is 5. The van der Waals surface area contributed by atoms with Gasteiger partial charge in [-0.1, -0.05) is 212 Å². The van der Waals surface area contributed by atoms with Gasteiger partial charge in [-0.2, -0.15) is 0 Å². The highest BCUT2D eigenvalue weighted by atomic mass is 15.1. The zero-order valence-electron chi connectivity index (χ0n) is 36.1. The van der Waals surface area contributed by atoms with Crippen molar-refractivity contribution in [1.82, 2.24) is 0 Å². The molecule has 0 atom stereocenters. The molecule has 0 saturated heterocycles. The van der Waals surface area contributed by atoms with Crippen LogP contribution in [-0.2, 0) is 5.41 Å². The van der Waals surface area contributed by atoms with E-state index in [1.165, 1.54) is 110 Å². The van der Waals surface area contributed by atoms with Crippen molar-refractivity contribution in [3.8, 4) is 44.5 Å². The molecule has 1 spiro atoms. The number of fused-ring (bicyclic) bond motifs is 17. The minimum atomic E-state index is -0.495. The molecular formula is C65H41N. The van der Waals surface area contributed by atoms with Crippen molar-refractivity contribution in [2.75, 3.05) is 4.90 Å². The molecule has 306 valence electrons. The molecule has 0 unspecified atom stereocenters. The van der Waals surface area contributed by atoms with Crippen LogP contribution in [0.1, 0.15) is 22.3 Å².